The number of nitrogens with one attached hydrogen (secondary N) is 3. The van der Waals surface area contributed by atoms with Crippen LogP contribution in [0.4, 0.5) is 11.6 Å². The van der Waals surface area contributed by atoms with Crippen molar-refractivity contribution in [1.82, 2.24) is 20.3 Å². The third kappa shape index (κ3) is 6.46. The van der Waals surface area contributed by atoms with E-state index in [1.807, 2.05) is 56.3 Å². The van der Waals surface area contributed by atoms with Gasteiger partial charge in [-0.15, -0.1) is 0 Å². The van der Waals surface area contributed by atoms with Gasteiger partial charge in [0.2, 0.25) is 21.9 Å². The van der Waals surface area contributed by atoms with E-state index in [9.17, 15) is 8.42 Å². The molecule has 3 N–H and O–H groups in total. The van der Waals surface area contributed by atoms with Crippen LogP contribution in [0.3, 0.4) is 0 Å². The number of benzene rings is 2. The van der Waals surface area contributed by atoms with Crippen LogP contribution in [0.1, 0.15) is 38.2 Å². The van der Waals surface area contributed by atoms with Crippen molar-refractivity contribution in [2.24, 2.45) is 0 Å². The summed E-state index contributed by atoms with van der Waals surface area (Å²) in [5, 5.41) is 8.37. The summed E-state index contributed by atoms with van der Waals surface area (Å²) >= 11 is 0. The lowest BCUT2D eigenvalue weighted by atomic mass is 10.0. The van der Waals surface area contributed by atoms with Crippen LogP contribution in [0.5, 0.6) is 11.6 Å². The zero-order valence-electron chi connectivity index (χ0n) is 22.3. The number of pyridine rings is 1. The Bertz CT molecular complexity index is 1550. The van der Waals surface area contributed by atoms with Crippen LogP contribution in [-0.4, -0.2) is 48.3 Å². The van der Waals surface area contributed by atoms with Crippen molar-refractivity contribution in [1.29, 1.82) is 0 Å². The maximum atomic E-state index is 12.6. The van der Waals surface area contributed by atoms with Gasteiger partial charge in [0.05, 0.1) is 22.7 Å². The zero-order valence-corrected chi connectivity index (χ0v) is 23.1. The van der Waals surface area contributed by atoms with Crippen molar-refractivity contribution >= 4 is 32.4 Å². The molecule has 1 aliphatic rings. The molecule has 1 atom stereocenters. The minimum absolute atomic E-state index is 0.0828. The lowest BCUT2D eigenvalue weighted by molar-refractivity contribution is 0.466. The van der Waals surface area contributed by atoms with Crippen LogP contribution in [0, 0.1) is 6.92 Å². The fourth-order valence-corrected chi connectivity index (χ4v) is 6.00. The SMILES string of the molecule is CCCCS(=O)(=O)Nc1cccc2c(Oc3ncccc3-c3ccnc(N[C@H]4CCCNC4)n3)c(C)ccc12. The normalized spacial score (nSPS) is 15.7. The summed E-state index contributed by atoms with van der Waals surface area (Å²) in [6, 6.07) is 15.3. The first-order valence-electron chi connectivity index (χ1n) is 13.4. The number of ether oxygens (including phenoxy) is 1. The molecule has 4 aromatic rings. The summed E-state index contributed by atoms with van der Waals surface area (Å²) in [7, 11) is -3.46. The van der Waals surface area contributed by atoms with E-state index in [1.165, 1.54) is 0 Å². The van der Waals surface area contributed by atoms with E-state index in [0.717, 1.165) is 54.3 Å². The molecule has 1 saturated heterocycles. The maximum Gasteiger partial charge on any atom is 0.232 e. The van der Waals surface area contributed by atoms with Crippen LogP contribution < -0.4 is 20.1 Å². The minimum atomic E-state index is -3.46. The Balaban J connectivity index is 1.47. The molecule has 0 amide bonds. The second-order valence-corrected chi connectivity index (χ2v) is 11.6. The molecule has 1 fully saturated rings. The number of aryl methyl sites for hydroxylation is 1. The molecule has 0 saturated carbocycles. The number of hydrogen-bond acceptors (Lipinski definition) is 8. The van der Waals surface area contributed by atoms with Crippen molar-refractivity contribution in [2.75, 3.05) is 28.9 Å². The van der Waals surface area contributed by atoms with Crippen molar-refractivity contribution in [3.8, 4) is 22.9 Å². The fourth-order valence-electron chi connectivity index (χ4n) is 4.72. The predicted molar refractivity (Wildman–Crippen MR) is 156 cm³/mol. The van der Waals surface area contributed by atoms with Gasteiger partial charge in [-0.3, -0.25) is 4.72 Å². The van der Waals surface area contributed by atoms with E-state index in [-0.39, 0.29) is 11.8 Å². The van der Waals surface area contributed by atoms with Crippen molar-refractivity contribution in [3.63, 3.8) is 0 Å². The average molecular weight is 547 g/mol. The molecule has 2 aromatic carbocycles. The van der Waals surface area contributed by atoms with Gasteiger partial charge in [0, 0.05) is 35.8 Å². The highest BCUT2D eigenvalue weighted by Crippen LogP contribution is 2.38. The second-order valence-electron chi connectivity index (χ2n) is 9.80. The number of sulfonamides is 1. The topological polar surface area (TPSA) is 118 Å². The summed E-state index contributed by atoms with van der Waals surface area (Å²) in [6.07, 6.45) is 7.01. The van der Waals surface area contributed by atoms with Crippen LogP contribution in [0.25, 0.3) is 22.0 Å². The third-order valence-electron chi connectivity index (χ3n) is 6.77. The molecule has 9 nitrogen and oxygen atoms in total. The molecule has 0 radical (unpaired) electrons. The van der Waals surface area contributed by atoms with E-state index in [1.54, 1.807) is 18.5 Å². The molecule has 0 bridgehead atoms. The Morgan fingerprint density at radius 1 is 1.05 bits per heavy atom. The fraction of sp³-hybridized carbons (Fsp3) is 0.345. The first-order chi connectivity index (χ1) is 18.9. The monoisotopic (exact) mass is 546 g/mol. The highest BCUT2D eigenvalue weighted by molar-refractivity contribution is 7.92. The summed E-state index contributed by atoms with van der Waals surface area (Å²) in [5.41, 5.74) is 2.86. The number of rotatable bonds is 10. The van der Waals surface area contributed by atoms with Gasteiger partial charge in [0.15, 0.2) is 0 Å². The van der Waals surface area contributed by atoms with E-state index in [2.05, 4.69) is 25.3 Å². The van der Waals surface area contributed by atoms with Gasteiger partial charge in [-0.05, 0) is 62.6 Å². The van der Waals surface area contributed by atoms with Gasteiger partial charge < -0.3 is 15.4 Å². The van der Waals surface area contributed by atoms with E-state index >= 15 is 0 Å². The number of nitrogens with zero attached hydrogens (tertiary/aromatic N) is 3. The Morgan fingerprint density at radius 3 is 2.77 bits per heavy atom. The first-order valence-corrected chi connectivity index (χ1v) is 15.0. The number of anilines is 2. The van der Waals surface area contributed by atoms with Crippen LogP contribution in [-0.2, 0) is 10.0 Å². The summed E-state index contributed by atoms with van der Waals surface area (Å²) in [6.45, 7) is 5.85. The van der Waals surface area contributed by atoms with Gasteiger partial charge >= 0.3 is 0 Å². The Morgan fingerprint density at radius 2 is 1.95 bits per heavy atom. The first kappa shape index (κ1) is 26.8. The van der Waals surface area contributed by atoms with Gasteiger partial charge in [-0.1, -0.05) is 37.6 Å². The quantitative estimate of drug-likeness (QED) is 0.239. The Labute approximate surface area is 229 Å². The second kappa shape index (κ2) is 12.0. The molecule has 1 aliphatic heterocycles. The molecular weight excluding hydrogens is 512 g/mol. The van der Waals surface area contributed by atoms with Crippen molar-refractivity contribution in [3.05, 3.63) is 66.5 Å². The molecule has 0 spiro atoms. The van der Waals surface area contributed by atoms with E-state index in [4.69, 9.17) is 9.72 Å². The smallest absolute Gasteiger partial charge is 0.232 e. The third-order valence-corrected chi connectivity index (χ3v) is 8.13. The van der Waals surface area contributed by atoms with Gasteiger partial charge in [-0.2, -0.15) is 0 Å². The highest BCUT2D eigenvalue weighted by Gasteiger charge is 2.18. The van der Waals surface area contributed by atoms with Crippen molar-refractivity contribution < 1.29 is 13.2 Å². The number of hydrogen-bond donors (Lipinski definition) is 3. The zero-order chi connectivity index (χ0) is 27.2. The molecule has 39 heavy (non-hydrogen) atoms. The Hall–Kier alpha value is -3.76. The minimum Gasteiger partial charge on any atom is -0.437 e. The van der Waals surface area contributed by atoms with Crippen molar-refractivity contribution in [2.45, 2.75) is 45.6 Å². The molecular formula is C29H34N6O3S. The number of piperidine rings is 1. The highest BCUT2D eigenvalue weighted by atomic mass is 32.2. The molecule has 3 heterocycles. The molecule has 10 heteroatoms. The molecule has 5 rings (SSSR count). The standard InChI is InChI=1S/C29H34N6O3S/c1-3-4-18-39(36,37)35-26-11-5-9-23-22(26)13-12-20(2)27(23)38-28-24(10-7-16-31-28)25-14-17-32-29(34-25)33-21-8-6-15-30-19-21/h5,7,9-14,16-17,21,30,35H,3-4,6,8,15,18-19H2,1-2H3,(H,32,33,34)/t21-/m0/s1. The molecule has 204 valence electrons. The molecule has 0 aliphatic carbocycles. The summed E-state index contributed by atoms with van der Waals surface area (Å²) in [4.78, 5) is 13.7. The van der Waals surface area contributed by atoms with Gasteiger partial charge in [-0.25, -0.2) is 23.4 Å². The number of fused-ring (bicyclic) bond motifs is 1. The predicted octanol–water partition coefficient (Wildman–Crippen LogP) is 5.50. The lowest BCUT2D eigenvalue weighted by Crippen LogP contribution is -2.38. The van der Waals surface area contributed by atoms with Crippen LogP contribution >= 0.6 is 0 Å². The maximum absolute atomic E-state index is 12.6. The molecule has 2 aromatic heterocycles. The van der Waals surface area contributed by atoms with E-state index in [0.29, 0.717) is 35.4 Å². The van der Waals surface area contributed by atoms with Gasteiger partial charge in [0.1, 0.15) is 5.75 Å². The number of aromatic nitrogens is 3. The van der Waals surface area contributed by atoms with E-state index < -0.39 is 10.0 Å². The summed E-state index contributed by atoms with van der Waals surface area (Å²) < 4.78 is 34.5. The summed E-state index contributed by atoms with van der Waals surface area (Å²) in [5.74, 6) is 1.67. The van der Waals surface area contributed by atoms with Crippen LogP contribution in [0.15, 0.2) is 60.9 Å². The average Bonchev–Trinajstić information content (AvgIpc) is 2.94. The molecule has 0 unspecified atom stereocenters. The number of unbranched alkanes of at least 4 members (excludes halogenated alkanes) is 1. The van der Waals surface area contributed by atoms with Crippen LogP contribution in [0.2, 0.25) is 0 Å². The van der Waals surface area contributed by atoms with Gasteiger partial charge in [0.25, 0.3) is 0 Å². The Kier molecular flexibility index (Phi) is 8.23. The lowest BCUT2D eigenvalue weighted by Gasteiger charge is -2.23. The largest absolute Gasteiger partial charge is 0.437 e.